The van der Waals surface area contributed by atoms with E-state index < -0.39 is 11.6 Å². The van der Waals surface area contributed by atoms with Gasteiger partial charge in [-0.05, 0) is 29.8 Å². The van der Waals surface area contributed by atoms with Gasteiger partial charge >= 0.3 is 0 Å². The van der Waals surface area contributed by atoms with Crippen LogP contribution in [0.3, 0.4) is 0 Å². The van der Waals surface area contributed by atoms with E-state index in [-0.39, 0.29) is 23.4 Å². The van der Waals surface area contributed by atoms with Crippen LogP contribution >= 0.6 is 11.6 Å². The maximum Gasteiger partial charge on any atom is 0.229 e. The van der Waals surface area contributed by atoms with Crippen LogP contribution in [0.5, 0.6) is 0 Å². The van der Waals surface area contributed by atoms with E-state index in [9.17, 15) is 13.6 Å². The first kappa shape index (κ1) is 15.9. The van der Waals surface area contributed by atoms with Crippen molar-refractivity contribution < 1.29 is 13.6 Å². The number of nitrogens with one attached hydrogen (secondary N) is 2. The lowest BCUT2D eigenvalue weighted by atomic mass is 9.88. The van der Waals surface area contributed by atoms with Crippen molar-refractivity contribution in [3.63, 3.8) is 0 Å². The Kier molecular flexibility index (Phi) is 4.59. The fraction of sp³-hybridized carbons (Fsp3) is 0.235. The molecule has 2 aromatic carbocycles. The van der Waals surface area contributed by atoms with Crippen molar-refractivity contribution in [2.45, 2.75) is 5.92 Å². The Morgan fingerprint density at radius 3 is 2.61 bits per heavy atom. The molecule has 1 amide bonds. The molecule has 1 aliphatic rings. The fourth-order valence-electron chi connectivity index (χ4n) is 2.84. The Labute approximate surface area is 137 Å². The van der Waals surface area contributed by atoms with Crippen LogP contribution in [-0.2, 0) is 4.79 Å². The lowest BCUT2D eigenvalue weighted by molar-refractivity contribution is -0.119. The van der Waals surface area contributed by atoms with Crippen molar-refractivity contribution in [2.75, 3.05) is 18.4 Å². The highest BCUT2D eigenvalue weighted by molar-refractivity contribution is 6.30. The maximum atomic E-state index is 13.7. The number of carbonyl (C=O) groups is 1. The molecule has 1 aliphatic heterocycles. The highest BCUT2D eigenvalue weighted by Gasteiger charge is 2.34. The van der Waals surface area contributed by atoms with E-state index in [1.165, 1.54) is 12.1 Å². The van der Waals surface area contributed by atoms with Gasteiger partial charge in [0.25, 0.3) is 0 Å². The smallest absolute Gasteiger partial charge is 0.229 e. The van der Waals surface area contributed by atoms with Gasteiger partial charge in [-0.3, -0.25) is 4.79 Å². The maximum absolute atomic E-state index is 13.7. The summed E-state index contributed by atoms with van der Waals surface area (Å²) in [6.45, 7) is 1.13. The quantitative estimate of drug-likeness (QED) is 0.900. The number of hydrogen-bond acceptors (Lipinski definition) is 2. The summed E-state index contributed by atoms with van der Waals surface area (Å²) in [6, 6.07) is 11.0. The van der Waals surface area contributed by atoms with Crippen LogP contribution in [0.15, 0.2) is 42.5 Å². The van der Waals surface area contributed by atoms with Gasteiger partial charge in [0.05, 0.1) is 11.6 Å². The third-order valence-corrected chi connectivity index (χ3v) is 4.31. The molecule has 0 aliphatic carbocycles. The van der Waals surface area contributed by atoms with Gasteiger partial charge in [-0.2, -0.15) is 0 Å². The summed E-state index contributed by atoms with van der Waals surface area (Å²) in [5.41, 5.74) is 0.844. The van der Waals surface area contributed by atoms with Gasteiger partial charge in [-0.15, -0.1) is 0 Å². The summed E-state index contributed by atoms with van der Waals surface area (Å²) in [5, 5.41) is 6.28. The molecular formula is C17H15ClF2N2O. The average molecular weight is 337 g/mol. The number of anilines is 1. The molecule has 0 spiro atoms. The molecule has 1 fully saturated rings. The standard InChI is InChI=1S/C17H15ClF2N2O/c18-11-6-4-10(5-7-11)12-8-21-9-13(12)17(23)22-15-3-1-2-14(19)16(15)20/h1-7,12-13,21H,8-9H2,(H,22,23)/t12-,13+/m1/s1. The third kappa shape index (κ3) is 3.35. The Hall–Kier alpha value is -1.98. The molecule has 1 saturated heterocycles. The van der Waals surface area contributed by atoms with E-state index >= 15 is 0 Å². The molecule has 0 bridgehead atoms. The highest BCUT2D eigenvalue weighted by atomic mass is 35.5. The van der Waals surface area contributed by atoms with E-state index in [0.29, 0.717) is 18.1 Å². The van der Waals surface area contributed by atoms with Crippen molar-refractivity contribution in [1.82, 2.24) is 5.32 Å². The molecule has 23 heavy (non-hydrogen) atoms. The second-order valence-electron chi connectivity index (χ2n) is 5.51. The zero-order chi connectivity index (χ0) is 16.4. The number of amides is 1. The Morgan fingerprint density at radius 1 is 1.13 bits per heavy atom. The predicted molar refractivity (Wildman–Crippen MR) is 85.5 cm³/mol. The van der Waals surface area contributed by atoms with Crippen molar-refractivity contribution in [3.05, 3.63) is 64.7 Å². The molecule has 0 aromatic heterocycles. The van der Waals surface area contributed by atoms with Crippen LogP contribution in [0, 0.1) is 17.6 Å². The minimum atomic E-state index is -1.05. The highest BCUT2D eigenvalue weighted by Crippen LogP contribution is 2.30. The van der Waals surface area contributed by atoms with Gasteiger partial charge in [0.1, 0.15) is 0 Å². The van der Waals surface area contributed by atoms with Crippen LogP contribution in [0.1, 0.15) is 11.5 Å². The lowest BCUT2D eigenvalue weighted by Crippen LogP contribution is -2.28. The summed E-state index contributed by atoms with van der Waals surface area (Å²) in [4.78, 5) is 12.5. The number of carbonyl (C=O) groups excluding carboxylic acids is 1. The first-order chi connectivity index (χ1) is 11.1. The Bertz CT molecular complexity index is 721. The Balaban J connectivity index is 1.78. The summed E-state index contributed by atoms with van der Waals surface area (Å²) in [7, 11) is 0. The zero-order valence-electron chi connectivity index (χ0n) is 12.2. The first-order valence-electron chi connectivity index (χ1n) is 7.27. The van der Waals surface area contributed by atoms with Gasteiger partial charge in [0, 0.05) is 24.0 Å². The largest absolute Gasteiger partial charge is 0.323 e. The molecular weight excluding hydrogens is 322 g/mol. The average Bonchev–Trinajstić information content (AvgIpc) is 3.02. The molecule has 120 valence electrons. The summed E-state index contributed by atoms with van der Waals surface area (Å²) >= 11 is 5.88. The molecule has 2 atom stereocenters. The first-order valence-corrected chi connectivity index (χ1v) is 7.65. The van der Waals surface area contributed by atoms with E-state index in [0.717, 1.165) is 11.6 Å². The van der Waals surface area contributed by atoms with Gasteiger partial charge in [0.15, 0.2) is 11.6 Å². The summed E-state index contributed by atoms with van der Waals surface area (Å²) in [5.74, 6) is -2.77. The van der Waals surface area contributed by atoms with Crippen LogP contribution in [-0.4, -0.2) is 19.0 Å². The molecule has 3 rings (SSSR count). The van der Waals surface area contributed by atoms with Crippen LogP contribution < -0.4 is 10.6 Å². The Morgan fingerprint density at radius 2 is 1.87 bits per heavy atom. The van der Waals surface area contributed by atoms with Crippen LogP contribution in [0.25, 0.3) is 0 Å². The third-order valence-electron chi connectivity index (χ3n) is 4.06. The molecule has 1 heterocycles. The monoisotopic (exact) mass is 336 g/mol. The fourth-order valence-corrected chi connectivity index (χ4v) is 2.97. The van der Waals surface area contributed by atoms with E-state index in [1.807, 2.05) is 12.1 Å². The van der Waals surface area contributed by atoms with Crippen molar-refractivity contribution in [3.8, 4) is 0 Å². The van der Waals surface area contributed by atoms with Crippen LogP contribution in [0.2, 0.25) is 5.02 Å². The van der Waals surface area contributed by atoms with Gasteiger partial charge < -0.3 is 10.6 Å². The zero-order valence-corrected chi connectivity index (χ0v) is 12.9. The molecule has 6 heteroatoms. The van der Waals surface area contributed by atoms with Crippen molar-refractivity contribution in [1.29, 1.82) is 0 Å². The normalized spacial score (nSPS) is 20.5. The molecule has 3 nitrogen and oxygen atoms in total. The second kappa shape index (κ2) is 6.64. The number of hydrogen-bond donors (Lipinski definition) is 2. The van der Waals surface area contributed by atoms with E-state index in [4.69, 9.17) is 11.6 Å². The number of benzene rings is 2. The van der Waals surface area contributed by atoms with E-state index in [2.05, 4.69) is 10.6 Å². The summed E-state index contributed by atoms with van der Waals surface area (Å²) in [6.07, 6.45) is 0. The predicted octanol–water partition coefficient (Wildman–Crippen LogP) is 3.56. The van der Waals surface area contributed by atoms with Gasteiger partial charge in [-0.25, -0.2) is 8.78 Å². The van der Waals surface area contributed by atoms with Gasteiger partial charge in [0.2, 0.25) is 5.91 Å². The summed E-state index contributed by atoms with van der Waals surface area (Å²) < 4.78 is 26.9. The number of halogens is 3. The molecule has 2 N–H and O–H groups in total. The molecule has 0 saturated carbocycles. The minimum Gasteiger partial charge on any atom is -0.323 e. The number of rotatable bonds is 3. The van der Waals surface area contributed by atoms with Crippen LogP contribution in [0.4, 0.5) is 14.5 Å². The van der Waals surface area contributed by atoms with Gasteiger partial charge in [-0.1, -0.05) is 29.8 Å². The minimum absolute atomic E-state index is 0.0381. The lowest BCUT2D eigenvalue weighted by Gasteiger charge is -2.19. The molecule has 0 unspecified atom stereocenters. The van der Waals surface area contributed by atoms with Crippen molar-refractivity contribution in [2.24, 2.45) is 5.92 Å². The molecule has 2 aromatic rings. The SMILES string of the molecule is O=C(Nc1cccc(F)c1F)[C@H]1CNC[C@@H]1c1ccc(Cl)cc1. The second-order valence-corrected chi connectivity index (χ2v) is 5.95. The van der Waals surface area contributed by atoms with Crippen molar-refractivity contribution >= 4 is 23.2 Å². The topological polar surface area (TPSA) is 41.1 Å². The van der Waals surface area contributed by atoms with E-state index in [1.54, 1.807) is 12.1 Å². The molecule has 0 radical (unpaired) electrons.